The number of rotatable bonds is 2. The summed E-state index contributed by atoms with van der Waals surface area (Å²) in [6.45, 7) is 7.31. The minimum absolute atomic E-state index is 0.0559. The van der Waals surface area contributed by atoms with Crippen LogP contribution in [-0.4, -0.2) is 53.9 Å². The van der Waals surface area contributed by atoms with E-state index >= 15 is 0 Å². The predicted molar refractivity (Wildman–Crippen MR) is 85.3 cm³/mol. The molecule has 2 rings (SSSR count). The van der Waals surface area contributed by atoms with Crippen LogP contribution in [-0.2, 0) is 16.5 Å². The Bertz CT molecular complexity index is 589. The number of esters is 1. The number of nitrogens with zero attached hydrogens (tertiary/aromatic N) is 2. The molecule has 128 valence electrons. The van der Waals surface area contributed by atoms with Crippen molar-refractivity contribution in [1.82, 2.24) is 14.8 Å². The average molecular weight is 323 g/mol. The Hall–Kier alpha value is -2.02. The van der Waals surface area contributed by atoms with Crippen molar-refractivity contribution in [1.29, 1.82) is 0 Å². The van der Waals surface area contributed by atoms with E-state index in [9.17, 15) is 9.59 Å². The second-order valence-electron chi connectivity index (χ2n) is 6.63. The maximum atomic E-state index is 12.2. The Balaban J connectivity index is 2.11. The predicted octanol–water partition coefficient (Wildman–Crippen LogP) is 1.69. The molecule has 7 heteroatoms. The summed E-state index contributed by atoms with van der Waals surface area (Å²) in [5.74, 6) is -0.376. The SMILES string of the molecule is COC(=O)c1ccc(C2CN(C(=O)OC(C)(C)C)CCN2)n1C. The molecule has 0 spiro atoms. The quantitative estimate of drug-likeness (QED) is 0.839. The number of piperazine rings is 1. The molecular weight excluding hydrogens is 298 g/mol. The van der Waals surface area contributed by atoms with Crippen molar-refractivity contribution in [2.45, 2.75) is 32.4 Å². The molecule has 0 aliphatic carbocycles. The fraction of sp³-hybridized carbons (Fsp3) is 0.625. The van der Waals surface area contributed by atoms with Crippen molar-refractivity contribution in [2.24, 2.45) is 7.05 Å². The lowest BCUT2D eigenvalue weighted by Crippen LogP contribution is -2.50. The molecule has 1 atom stereocenters. The highest BCUT2D eigenvalue weighted by atomic mass is 16.6. The number of carbonyl (C=O) groups is 2. The van der Waals surface area contributed by atoms with Crippen molar-refractivity contribution in [3.8, 4) is 0 Å². The van der Waals surface area contributed by atoms with E-state index in [1.807, 2.05) is 33.9 Å². The molecule has 1 aromatic heterocycles. The first-order chi connectivity index (χ1) is 10.7. The summed E-state index contributed by atoms with van der Waals surface area (Å²) in [6, 6.07) is 3.55. The van der Waals surface area contributed by atoms with Crippen LogP contribution in [0.25, 0.3) is 0 Å². The van der Waals surface area contributed by atoms with Gasteiger partial charge in [-0.1, -0.05) is 0 Å². The zero-order valence-electron chi connectivity index (χ0n) is 14.4. The van der Waals surface area contributed by atoms with Gasteiger partial charge in [0.25, 0.3) is 0 Å². The molecule has 1 aromatic rings. The number of carbonyl (C=O) groups excluding carboxylic acids is 2. The van der Waals surface area contributed by atoms with Crippen LogP contribution in [0.3, 0.4) is 0 Å². The van der Waals surface area contributed by atoms with Crippen LogP contribution in [0, 0.1) is 0 Å². The van der Waals surface area contributed by atoms with E-state index < -0.39 is 5.60 Å². The molecule has 1 N–H and O–H groups in total. The molecule has 0 aromatic carbocycles. The molecule has 2 heterocycles. The zero-order valence-corrected chi connectivity index (χ0v) is 14.4. The van der Waals surface area contributed by atoms with Crippen LogP contribution < -0.4 is 5.32 Å². The first kappa shape index (κ1) is 17.3. The molecule has 1 amide bonds. The molecule has 0 saturated carbocycles. The van der Waals surface area contributed by atoms with E-state index in [1.165, 1.54) is 7.11 Å². The fourth-order valence-electron chi connectivity index (χ4n) is 2.63. The van der Waals surface area contributed by atoms with E-state index in [2.05, 4.69) is 5.32 Å². The van der Waals surface area contributed by atoms with E-state index in [4.69, 9.17) is 9.47 Å². The Morgan fingerprint density at radius 3 is 2.61 bits per heavy atom. The standard InChI is InChI=1S/C16H25N3O4/c1-16(2,3)23-15(21)19-9-8-17-11(10-19)12-6-7-13(18(12)4)14(20)22-5/h6-7,11,17H,8-10H2,1-5H3. The van der Waals surface area contributed by atoms with Gasteiger partial charge in [-0.25, -0.2) is 9.59 Å². The van der Waals surface area contributed by atoms with Crippen LogP contribution in [0.15, 0.2) is 12.1 Å². The van der Waals surface area contributed by atoms with Gasteiger partial charge in [0.2, 0.25) is 0 Å². The van der Waals surface area contributed by atoms with Gasteiger partial charge in [0.05, 0.1) is 13.2 Å². The van der Waals surface area contributed by atoms with Crippen LogP contribution in [0.4, 0.5) is 4.79 Å². The van der Waals surface area contributed by atoms with Crippen LogP contribution >= 0.6 is 0 Å². The van der Waals surface area contributed by atoms with Crippen LogP contribution in [0.1, 0.15) is 43.0 Å². The summed E-state index contributed by atoms with van der Waals surface area (Å²) in [5.41, 5.74) is 0.901. The summed E-state index contributed by atoms with van der Waals surface area (Å²) in [5, 5.41) is 3.37. The fourth-order valence-corrected chi connectivity index (χ4v) is 2.63. The maximum absolute atomic E-state index is 12.2. The first-order valence-electron chi connectivity index (χ1n) is 7.68. The van der Waals surface area contributed by atoms with Crippen LogP contribution in [0.2, 0.25) is 0 Å². The van der Waals surface area contributed by atoms with Gasteiger partial charge in [0.1, 0.15) is 11.3 Å². The van der Waals surface area contributed by atoms with Crippen molar-refractivity contribution >= 4 is 12.1 Å². The van der Waals surface area contributed by atoms with Gasteiger partial charge >= 0.3 is 12.1 Å². The van der Waals surface area contributed by atoms with Gasteiger partial charge < -0.3 is 24.3 Å². The van der Waals surface area contributed by atoms with E-state index in [0.717, 1.165) is 5.69 Å². The maximum Gasteiger partial charge on any atom is 0.410 e. The number of amides is 1. The lowest BCUT2D eigenvalue weighted by molar-refractivity contribution is 0.0192. The molecule has 0 bridgehead atoms. The van der Waals surface area contributed by atoms with Crippen LogP contribution in [0.5, 0.6) is 0 Å². The van der Waals surface area contributed by atoms with Crippen molar-refractivity contribution in [3.63, 3.8) is 0 Å². The zero-order chi connectivity index (χ0) is 17.2. The van der Waals surface area contributed by atoms with Crippen molar-refractivity contribution in [3.05, 3.63) is 23.5 Å². The molecule has 1 unspecified atom stereocenters. The summed E-state index contributed by atoms with van der Waals surface area (Å²) >= 11 is 0. The topological polar surface area (TPSA) is 72.8 Å². The van der Waals surface area contributed by atoms with Gasteiger partial charge in [-0.3, -0.25) is 0 Å². The van der Waals surface area contributed by atoms with E-state index in [0.29, 0.717) is 25.3 Å². The highest BCUT2D eigenvalue weighted by Crippen LogP contribution is 2.21. The largest absolute Gasteiger partial charge is 0.464 e. The van der Waals surface area contributed by atoms with Gasteiger partial charge in [0.15, 0.2) is 0 Å². The third-order valence-corrected chi connectivity index (χ3v) is 3.74. The monoisotopic (exact) mass is 323 g/mol. The van der Waals surface area contributed by atoms with Gasteiger partial charge in [-0.15, -0.1) is 0 Å². The number of hydrogen-bond donors (Lipinski definition) is 1. The molecular formula is C16H25N3O4. The Morgan fingerprint density at radius 1 is 1.30 bits per heavy atom. The van der Waals surface area contributed by atoms with E-state index in [-0.39, 0.29) is 18.1 Å². The first-order valence-corrected chi connectivity index (χ1v) is 7.68. The normalized spacial score (nSPS) is 18.7. The van der Waals surface area contributed by atoms with Crippen molar-refractivity contribution in [2.75, 3.05) is 26.7 Å². The van der Waals surface area contributed by atoms with Gasteiger partial charge in [0, 0.05) is 32.4 Å². The highest BCUT2D eigenvalue weighted by molar-refractivity contribution is 5.87. The van der Waals surface area contributed by atoms with Gasteiger partial charge in [-0.2, -0.15) is 0 Å². The molecule has 7 nitrogen and oxygen atoms in total. The summed E-state index contributed by atoms with van der Waals surface area (Å²) < 4.78 is 12.0. The lowest BCUT2D eigenvalue weighted by atomic mass is 10.1. The Kier molecular flexibility index (Phi) is 4.99. The summed E-state index contributed by atoms with van der Waals surface area (Å²) in [4.78, 5) is 25.6. The van der Waals surface area contributed by atoms with Crippen molar-refractivity contribution < 1.29 is 19.1 Å². The Labute approximate surface area is 136 Å². The smallest absolute Gasteiger partial charge is 0.410 e. The van der Waals surface area contributed by atoms with E-state index in [1.54, 1.807) is 15.5 Å². The molecule has 0 radical (unpaired) electrons. The minimum Gasteiger partial charge on any atom is -0.464 e. The number of hydrogen-bond acceptors (Lipinski definition) is 5. The second-order valence-corrected chi connectivity index (χ2v) is 6.63. The highest BCUT2D eigenvalue weighted by Gasteiger charge is 2.29. The Morgan fingerprint density at radius 2 is 2.00 bits per heavy atom. The molecule has 1 saturated heterocycles. The molecule has 1 aliphatic heterocycles. The third kappa shape index (κ3) is 4.04. The number of aromatic nitrogens is 1. The number of nitrogens with one attached hydrogen (secondary N) is 1. The average Bonchev–Trinajstić information content (AvgIpc) is 2.86. The van der Waals surface area contributed by atoms with Gasteiger partial charge in [-0.05, 0) is 32.9 Å². The number of methoxy groups -OCH3 is 1. The minimum atomic E-state index is -0.513. The molecule has 1 aliphatic rings. The number of ether oxygens (including phenoxy) is 2. The summed E-state index contributed by atoms with van der Waals surface area (Å²) in [6.07, 6.45) is -0.314. The second kappa shape index (κ2) is 6.62. The molecule has 1 fully saturated rings. The molecule has 23 heavy (non-hydrogen) atoms. The summed E-state index contributed by atoms with van der Waals surface area (Å²) in [7, 11) is 3.17. The lowest BCUT2D eigenvalue weighted by Gasteiger charge is -2.35. The third-order valence-electron chi connectivity index (χ3n) is 3.74.